The molecule has 102 valence electrons. The minimum Gasteiger partial charge on any atom is -0.481 e. The van der Waals surface area contributed by atoms with Gasteiger partial charge in [0.2, 0.25) is 5.91 Å². The first kappa shape index (κ1) is 14.4. The van der Waals surface area contributed by atoms with Crippen molar-refractivity contribution in [1.82, 2.24) is 10.2 Å². The molecule has 1 fully saturated rings. The third kappa shape index (κ3) is 3.99. The molecule has 2 unspecified atom stereocenters. The maximum Gasteiger partial charge on any atom is 0.324 e. The minimum absolute atomic E-state index is 0.0581. The van der Waals surface area contributed by atoms with E-state index in [0.29, 0.717) is 6.61 Å². The molecule has 1 saturated heterocycles. The third-order valence-electron chi connectivity index (χ3n) is 2.97. The summed E-state index contributed by atoms with van der Waals surface area (Å²) >= 11 is 0. The predicted molar refractivity (Wildman–Crippen MR) is 62.0 cm³/mol. The summed E-state index contributed by atoms with van der Waals surface area (Å²) in [5.74, 6) is -1.65. The van der Waals surface area contributed by atoms with Gasteiger partial charge in [0.25, 0.3) is 0 Å². The fourth-order valence-corrected chi connectivity index (χ4v) is 1.87. The lowest BCUT2D eigenvalue weighted by molar-refractivity contribution is -0.138. The van der Waals surface area contributed by atoms with Crippen molar-refractivity contribution in [2.45, 2.75) is 38.3 Å². The van der Waals surface area contributed by atoms with E-state index in [-0.39, 0.29) is 25.0 Å². The Kier molecular flexibility index (Phi) is 5.08. The summed E-state index contributed by atoms with van der Waals surface area (Å²) in [7, 11) is 1.59. The van der Waals surface area contributed by atoms with E-state index >= 15 is 0 Å². The quantitative estimate of drug-likeness (QED) is 0.750. The van der Waals surface area contributed by atoms with Crippen LogP contribution in [0.5, 0.6) is 0 Å². The third-order valence-corrected chi connectivity index (χ3v) is 2.97. The van der Waals surface area contributed by atoms with Crippen LogP contribution >= 0.6 is 0 Å². The van der Waals surface area contributed by atoms with Crippen molar-refractivity contribution in [2.75, 3.05) is 13.7 Å². The monoisotopic (exact) mass is 258 g/mol. The fourth-order valence-electron chi connectivity index (χ4n) is 1.87. The summed E-state index contributed by atoms with van der Waals surface area (Å²) in [6, 6.07) is -0.579. The average Bonchev–Trinajstić information content (AvgIpc) is 2.71. The van der Waals surface area contributed by atoms with E-state index in [0.717, 1.165) is 6.42 Å². The molecule has 3 amide bonds. The molecule has 0 aromatic heterocycles. The van der Waals surface area contributed by atoms with Gasteiger partial charge in [-0.3, -0.25) is 14.9 Å². The first-order chi connectivity index (χ1) is 8.41. The molecule has 0 aliphatic carbocycles. The number of aliphatic carboxylic acids is 1. The van der Waals surface area contributed by atoms with Gasteiger partial charge >= 0.3 is 12.0 Å². The number of likely N-dealkylation sites (N-methyl/N-ethyl adjacent to an activating group) is 1. The summed E-state index contributed by atoms with van der Waals surface area (Å²) in [6.07, 6.45) is 0.182. The summed E-state index contributed by atoms with van der Waals surface area (Å²) < 4.78 is 5.34. The number of carboxylic acids is 1. The number of urea groups is 1. The van der Waals surface area contributed by atoms with E-state index in [9.17, 15) is 14.4 Å². The maximum absolute atomic E-state index is 11.7. The van der Waals surface area contributed by atoms with Crippen molar-refractivity contribution in [1.29, 1.82) is 0 Å². The topological polar surface area (TPSA) is 95.9 Å². The van der Waals surface area contributed by atoms with E-state index < -0.39 is 17.9 Å². The number of carbonyl (C=O) groups excluding carboxylic acids is 2. The normalized spacial score (nSPS) is 22.6. The van der Waals surface area contributed by atoms with Gasteiger partial charge in [0.15, 0.2) is 0 Å². The van der Waals surface area contributed by atoms with Crippen LogP contribution in [0.15, 0.2) is 0 Å². The molecule has 0 aromatic carbocycles. The Labute approximate surface area is 105 Å². The summed E-state index contributed by atoms with van der Waals surface area (Å²) in [6.45, 7) is 2.46. The zero-order chi connectivity index (χ0) is 13.7. The number of hydrogen-bond donors (Lipinski definition) is 2. The van der Waals surface area contributed by atoms with Crippen molar-refractivity contribution < 1.29 is 24.2 Å². The van der Waals surface area contributed by atoms with Crippen LogP contribution in [0.25, 0.3) is 0 Å². The van der Waals surface area contributed by atoms with Crippen LogP contribution in [0.3, 0.4) is 0 Å². The molecular formula is C11H18N2O5. The molecule has 0 radical (unpaired) electrons. The highest BCUT2D eigenvalue weighted by Gasteiger charge is 2.31. The highest BCUT2D eigenvalue weighted by molar-refractivity contribution is 5.95. The highest BCUT2D eigenvalue weighted by Crippen LogP contribution is 2.18. The summed E-state index contributed by atoms with van der Waals surface area (Å²) in [5.41, 5.74) is 0. The second kappa shape index (κ2) is 6.34. The zero-order valence-corrected chi connectivity index (χ0v) is 10.5. The number of amides is 3. The molecule has 1 rings (SSSR count). The van der Waals surface area contributed by atoms with Crippen LogP contribution < -0.4 is 5.32 Å². The fraction of sp³-hybridized carbons (Fsp3) is 0.727. The van der Waals surface area contributed by atoms with Gasteiger partial charge in [-0.2, -0.15) is 0 Å². The standard InChI is InChI=1S/C11H18N2O5/c1-7-8(5-6-18-7)13(2)11(17)12-9(14)3-4-10(15)16/h7-8H,3-6H2,1-2H3,(H,15,16)(H,12,14,17). The van der Waals surface area contributed by atoms with Gasteiger partial charge in [-0.1, -0.05) is 0 Å². The van der Waals surface area contributed by atoms with Crippen molar-refractivity contribution >= 4 is 17.9 Å². The Bertz CT molecular complexity index is 344. The predicted octanol–water partition coefficient (Wildman–Crippen LogP) is 0.197. The zero-order valence-electron chi connectivity index (χ0n) is 10.5. The molecule has 2 atom stereocenters. The minimum atomic E-state index is -1.07. The van der Waals surface area contributed by atoms with Gasteiger partial charge in [0, 0.05) is 20.1 Å². The van der Waals surface area contributed by atoms with Gasteiger partial charge in [-0.05, 0) is 13.3 Å². The number of hydrogen-bond acceptors (Lipinski definition) is 4. The van der Waals surface area contributed by atoms with E-state index in [1.165, 1.54) is 4.90 Å². The lowest BCUT2D eigenvalue weighted by Gasteiger charge is -2.26. The average molecular weight is 258 g/mol. The number of ether oxygens (including phenoxy) is 1. The molecule has 0 spiro atoms. The number of nitrogens with one attached hydrogen (secondary N) is 1. The van der Waals surface area contributed by atoms with Gasteiger partial charge in [0.05, 0.1) is 18.6 Å². The second-order valence-corrected chi connectivity index (χ2v) is 4.29. The molecule has 18 heavy (non-hydrogen) atoms. The molecule has 1 heterocycles. The molecule has 7 nitrogen and oxygen atoms in total. The van der Waals surface area contributed by atoms with Crippen molar-refractivity contribution in [3.8, 4) is 0 Å². The van der Waals surface area contributed by atoms with Crippen LogP contribution in [0.2, 0.25) is 0 Å². The van der Waals surface area contributed by atoms with Gasteiger partial charge in [-0.25, -0.2) is 4.79 Å². The Morgan fingerprint density at radius 2 is 2.06 bits per heavy atom. The first-order valence-corrected chi connectivity index (χ1v) is 5.82. The number of carbonyl (C=O) groups is 3. The van der Waals surface area contributed by atoms with Crippen molar-refractivity contribution in [2.24, 2.45) is 0 Å². The van der Waals surface area contributed by atoms with Gasteiger partial charge in [0.1, 0.15) is 0 Å². The Morgan fingerprint density at radius 1 is 1.39 bits per heavy atom. The Hall–Kier alpha value is -1.63. The van der Waals surface area contributed by atoms with Gasteiger partial charge < -0.3 is 14.7 Å². The Balaban J connectivity index is 2.39. The molecule has 0 aromatic rings. The highest BCUT2D eigenvalue weighted by atomic mass is 16.5. The first-order valence-electron chi connectivity index (χ1n) is 5.82. The summed E-state index contributed by atoms with van der Waals surface area (Å²) in [5, 5.41) is 10.6. The Morgan fingerprint density at radius 3 is 2.56 bits per heavy atom. The van der Waals surface area contributed by atoms with Crippen LogP contribution in [0.1, 0.15) is 26.2 Å². The molecule has 7 heteroatoms. The molecular weight excluding hydrogens is 240 g/mol. The van der Waals surface area contributed by atoms with Crippen molar-refractivity contribution in [3.63, 3.8) is 0 Å². The number of imide groups is 1. The summed E-state index contributed by atoms with van der Waals surface area (Å²) in [4.78, 5) is 34.7. The number of nitrogens with zero attached hydrogens (tertiary/aromatic N) is 1. The maximum atomic E-state index is 11.7. The lowest BCUT2D eigenvalue weighted by Crippen LogP contribution is -2.48. The van der Waals surface area contributed by atoms with E-state index in [4.69, 9.17) is 9.84 Å². The molecule has 1 aliphatic rings. The lowest BCUT2D eigenvalue weighted by atomic mass is 10.1. The van der Waals surface area contributed by atoms with Crippen LogP contribution in [0, 0.1) is 0 Å². The molecule has 2 N–H and O–H groups in total. The van der Waals surface area contributed by atoms with Crippen molar-refractivity contribution in [3.05, 3.63) is 0 Å². The largest absolute Gasteiger partial charge is 0.481 e. The molecule has 1 aliphatic heterocycles. The van der Waals surface area contributed by atoms with E-state index in [1.54, 1.807) is 7.05 Å². The van der Waals surface area contributed by atoms with Crippen LogP contribution in [-0.2, 0) is 14.3 Å². The van der Waals surface area contributed by atoms with Crippen LogP contribution in [-0.4, -0.2) is 53.7 Å². The smallest absolute Gasteiger partial charge is 0.324 e. The van der Waals surface area contributed by atoms with E-state index in [2.05, 4.69) is 5.32 Å². The van der Waals surface area contributed by atoms with Gasteiger partial charge in [-0.15, -0.1) is 0 Å². The number of rotatable bonds is 4. The molecule has 0 bridgehead atoms. The second-order valence-electron chi connectivity index (χ2n) is 4.29. The van der Waals surface area contributed by atoms with Crippen LogP contribution in [0.4, 0.5) is 4.79 Å². The molecule has 0 saturated carbocycles. The SMILES string of the molecule is CC1OCCC1N(C)C(=O)NC(=O)CCC(=O)O. The number of carboxylic acid groups (broad SMARTS) is 1. The van der Waals surface area contributed by atoms with E-state index in [1.807, 2.05) is 6.92 Å².